The fourth-order valence-electron chi connectivity index (χ4n) is 2.58. The fourth-order valence-corrected chi connectivity index (χ4v) is 3.16. The predicted octanol–water partition coefficient (Wildman–Crippen LogP) is 3.12. The standard InChI is InChI=1S/C15H13N3O2S/c19-15(20)10-3-4-13-12(5-10)17-14(9-1-2-9)18(13)7-11-6-16-8-21-11/h3-6,8-9H,1-2,7H2,(H,19,20). The molecule has 6 heteroatoms. The highest BCUT2D eigenvalue weighted by atomic mass is 32.1. The summed E-state index contributed by atoms with van der Waals surface area (Å²) >= 11 is 1.62. The van der Waals surface area contributed by atoms with Crippen molar-refractivity contribution in [3.8, 4) is 0 Å². The number of imidazole rings is 1. The highest BCUT2D eigenvalue weighted by molar-refractivity contribution is 7.09. The van der Waals surface area contributed by atoms with Crippen molar-refractivity contribution in [1.82, 2.24) is 14.5 Å². The number of hydrogen-bond acceptors (Lipinski definition) is 4. The number of fused-ring (bicyclic) bond motifs is 1. The number of carboxylic acids is 1. The van der Waals surface area contributed by atoms with Crippen molar-refractivity contribution in [3.05, 3.63) is 46.2 Å². The molecule has 3 aromatic rings. The summed E-state index contributed by atoms with van der Waals surface area (Å²) in [5.41, 5.74) is 3.87. The number of hydrogen-bond donors (Lipinski definition) is 1. The summed E-state index contributed by atoms with van der Waals surface area (Å²) < 4.78 is 2.20. The maximum Gasteiger partial charge on any atom is 0.335 e. The van der Waals surface area contributed by atoms with Crippen LogP contribution in [0.15, 0.2) is 29.9 Å². The number of nitrogens with zero attached hydrogens (tertiary/aromatic N) is 3. The number of thiazole rings is 1. The SMILES string of the molecule is O=C(O)c1ccc2c(c1)nc(C1CC1)n2Cc1cncs1. The second kappa shape index (κ2) is 4.66. The number of aromatic nitrogens is 3. The van der Waals surface area contributed by atoms with Crippen LogP contribution >= 0.6 is 11.3 Å². The molecule has 1 saturated carbocycles. The van der Waals surface area contributed by atoms with E-state index in [9.17, 15) is 4.79 Å². The van der Waals surface area contributed by atoms with E-state index in [2.05, 4.69) is 14.5 Å². The zero-order valence-electron chi connectivity index (χ0n) is 11.2. The van der Waals surface area contributed by atoms with Crippen molar-refractivity contribution in [2.24, 2.45) is 0 Å². The Bertz CT molecular complexity index is 819. The van der Waals surface area contributed by atoms with Crippen molar-refractivity contribution in [2.45, 2.75) is 25.3 Å². The fraction of sp³-hybridized carbons (Fsp3) is 0.267. The lowest BCUT2D eigenvalue weighted by molar-refractivity contribution is 0.0697. The summed E-state index contributed by atoms with van der Waals surface area (Å²) in [6, 6.07) is 5.16. The molecule has 0 atom stereocenters. The maximum atomic E-state index is 11.1. The predicted molar refractivity (Wildman–Crippen MR) is 79.9 cm³/mol. The third kappa shape index (κ3) is 2.21. The molecule has 2 aromatic heterocycles. The molecule has 0 unspecified atom stereocenters. The van der Waals surface area contributed by atoms with E-state index < -0.39 is 5.97 Å². The molecule has 1 aliphatic carbocycles. The number of rotatable bonds is 4. The summed E-state index contributed by atoms with van der Waals surface area (Å²) in [4.78, 5) is 21.1. The molecule has 0 spiro atoms. The van der Waals surface area contributed by atoms with Crippen LogP contribution in [0.4, 0.5) is 0 Å². The van der Waals surface area contributed by atoms with E-state index in [0.717, 1.165) is 36.2 Å². The summed E-state index contributed by atoms with van der Waals surface area (Å²) in [7, 11) is 0. The summed E-state index contributed by atoms with van der Waals surface area (Å²) in [6.07, 6.45) is 4.20. The van der Waals surface area contributed by atoms with Gasteiger partial charge in [-0.3, -0.25) is 4.98 Å². The van der Waals surface area contributed by atoms with Crippen molar-refractivity contribution >= 4 is 28.3 Å². The highest BCUT2D eigenvalue weighted by Gasteiger charge is 2.29. The molecular weight excluding hydrogens is 286 g/mol. The van der Waals surface area contributed by atoms with Gasteiger partial charge in [0.1, 0.15) is 5.82 Å². The molecule has 4 rings (SSSR count). The van der Waals surface area contributed by atoms with E-state index in [1.165, 1.54) is 4.88 Å². The monoisotopic (exact) mass is 299 g/mol. The van der Waals surface area contributed by atoms with Crippen molar-refractivity contribution in [3.63, 3.8) is 0 Å². The minimum atomic E-state index is -0.915. The van der Waals surface area contributed by atoms with Crippen molar-refractivity contribution in [2.75, 3.05) is 0 Å². The number of aromatic carboxylic acids is 1. The van der Waals surface area contributed by atoms with E-state index in [-0.39, 0.29) is 5.56 Å². The van der Waals surface area contributed by atoms with Gasteiger partial charge in [0.2, 0.25) is 0 Å². The van der Waals surface area contributed by atoms with Crippen LogP contribution in [-0.4, -0.2) is 25.6 Å². The van der Waals surface area contributed by atoms with Crippen LogP contribution in [0.1, 0.15) is 39.8 Å². The van der Waals surface area contributed by atoms with Crippen LogP contribution in [0.5, 0.6) is 0 Å². The van der Waals surface area contributed by atoms with Gasteiger partial charge in [0.25, 0.3) is 0 Å². The lowest BCUT2D eigenvalue weighted by atomic mass is 10.2. The van der Waals surface area contributed by atoms with Crippen LogP contribution in [0.25, 0.3) is 11.0 Å². The second-order valence-corrected chi connectivity index (χ2v) is 6.28. The molecule has 1 fully saturated rings. The molecule has 1 aliphatic rings. The maximum absolute atomic E-state index is 11.1. The summed E-state index contributed by atoms with van der Waals surface area (Å²) in [6.45, 7) is 0.749. The highest BCUT2D eigenvalue weighted by Crippen LogP contribution is 2.41. The Balaban J connectivity index is 1.85. The average molecular weight is 299 g/mol. The third-order valence-corrected chi connectivity index (χ3v) is 4.53. The Morgan fingerprint density at radius 1 is 1.43 bits per heavy atom. The van der Waals surface area contributed by atoms with Gasteiger partial charge in [-0.15, -0.1) is 11.3 Å². The van der Waals surface area contributed by atoms with Crippen LogP contribution in [0.2, 0.25) is 0 Å². The van der Waals surface area contributed by atoms with Gasteiger partial charge < -0.3 is 9.67 Å². The van der Waals surface area contributed by atoms with E-state index in [0.29, 0.717) is 5.92 Å². The molecule has 106 valence electrons. The van der Waals surface area contributed by atoms with Gasteiger partial charge in [-0.25, -0.2) is 9.78 Å². The number of benzene rings is 1. The van der Waals surface area contributed by atoms with E-state index in [4.69, 9.17) is 5.11 Å². The van der Waals surface area contributed by atoms with Crippen LogP contribution in [0.3, 0.4) is 0 Å². The van der Waals surface area contributed by atoms with Gasteiger partial charge in [-0.05, 0) is 31.0 Å². The largest absolute Gasteiger partial charge is 0.478 e. The van der Waals surface area contributed by atoms with Gasteiger partial charge in [0, 0.05) is 17.0 Å². The quantitative estimate of drug-likeness (QED) is 0.803. The zero-order valence-corrected chi connectivity index (χ0v) is 12.0. The molecule has 0 saturated heterocycles. The van der Waals surface area contributed by atoms with Crippen LogP contribution in [0, 0.1) is 0 Å². The van der Waals surface area contributed by atoms with Crippen molar-refractivity contribution in [1.29, 1.82) is 0 Å². The molecule has 1 aromatic carbocycles. The number of carbonyl (C=O) groups is 1. The van der Waals surface area contributed by atoms with Gasteiger partial charge >= 0.3 is 5.97 Å². The van der Waals surface area contributed by atoms with Gasteiger partial charge in [-0.1, -0.05) is 0 Å². The Morgan fingerprint density at radius 3 is 2.95 bits per heavy atom. The van der Waals surface area contributed by atoms with Gasteiger partial charge in [0.05, 0.1) is 28.7 Å². The minimum Gasteiger partial charge on any atom is -0.478 e. The average Bonchev–Trinajstić information content (AvgIpc) is 3.07. The Morgan fingerprint density at radius 2 is 2.29 bits per heavy atom. The zero-order chi connectivity index (χ0) is 14.4. The summed E-state index contributed by atoms with van der Waals surface area (Å²) in [5.74, 6) is 0.668. The Labute approximate surface area is 124 Å². The first-order valence-corrected chi connectivity index (χ1v) is 7.71. The smallest absolute Gasteiger partial charge is 0.335 e. The molecular formula is C15H13N3O2S. The number of carboxylic acid groups (broad SMARTS) is 1. The molecule has 0 aliphatic heterocycles. The third-order valence-electron chi connectivity index (χ3n) is 3.76. The normalized spacial score (nSPS) is 14.7. The van der Waals surface area contributed by atoms with E-state index in [1.807, 2.05) is 17.8 Å². The first-order chi connectivity index (χ1) is 10.2. The Hall–Kier alpha value is -2.21. The molecule has 0 radical (unpaired) electrons. The molecule has 21 heavy (non-hydrogen) atoms. The van der Waals surface area contributed by atoms with Crippen molar-refractivity contribution < 1.29 is 9.90 Å². The first kappa shape index (κ1) is 12.5. The summed E-state index contributed by atoms with van der Waals surface area (Å²) in [5, 5.41) is 9.11. The van der Waals surface area contributed by atoms with E-state index >= 15 is 0 Å². The van der Waals surface area contributed by atoms with Crippen LogP contribution < -0.4 is 0 Å². The lowest BCUT2D eigenvalue weighted by Gasteiger charge is -2.06. The molecule has 2 heterocycles. The minimum absolute atomic E-state index is 0.285. The van der Waals surface area contributed by atoms with E-state index in [1.54, 1.807) is 23.5 Å². The lowest BCUT2D eigenvalue weighted by Crippen LogP contribution is -2.03. The molecule has 5 nitrogen and oxygen atoms in total. The first-order valence-electron chi connectivity index (χ1n) is 6.83. The molecule has 0 bridgehead atoms. The topological polar surface area (TPSA) is 68.0 Å². The van der Waals surface area contributed by atoms with Crippen LogP contribution in [-0.2, 0) is 6.54 Å². The van der Waals surface area contributed by atoms with Gasteiger partial charge in [-0.2, -0.15) is 0 Å². The van der Waals surface area contributed by atoms with Gasteiger partial charge in [0.15, 0.2) is 0 Å². The molecule has 0 amide bonds. The second-order valence-electron chi connectivity index (χ2n) is 5.31. The Kier molecular flexibility index (Phi) is 2.78. The molecule has 1 N–H and O–H groups in total.